The van der Waals surface area contributed by atoms with Gasteiger partial charge < -0.3 is 4.40 Å². The van der Waals surface area contributed by atoms with E-state index in [4.69, 9.17) is 0 Å². The Labute approximate surface area is 242 Å². The van der Waals surface area contributed by atoms with Crippen molar-refractivity contribution >= 4 is 35.3 Å². The van der Waals surface area contributed by atoms with Crippen LogP contribution in [0.1, 0.15) is 64.1 Å². The normalized spacial score (nSPS) is 11.3. The van der Waals surface area contributed by atoms with Crippen LogP contribution in [-0.2, 0) is 4.79 Å². The number of carbonyl (C=O) groups excluding carboxylic acids is 1. The van der Waals surface area contributed by atoms with E-state index in [-0.39, 0.29) is 24.9 Å². The number of hydrogen-bond donors (Lipinski definition) is 1. The molecule has 0 radical (unpaired) electrons. The number of thiazole rings is 1. The first-order valence-electron chi connectivity index (χ1n) is 12.8. The van der Waals surface area contributed by atoms with Crippen LogP contribution in [-0.4, -0.2) is 25.4 Å². The van der Waals surface area contributed by atoms with Gasteiger partial charge in [-0.15, -0.1) is 11.3 Å². The van der Waals surface area contributed by atoms with E-state index in [1.54, 1.807) is 42.9 Å². The third kappa shape index (κ3) is 9.15. The second-order valence-electron chi connectivity index (χ2n) is 7.85. The lowest BCUT2D eigenvalue weighted by atomic mass is 9.87. The quantitative estimate of drug-likeness (QED) is 0.216. The minimum absolute atomic E-state index is 0. The molecular formula is C32H40FN3OS2. The SMILES string of the molecule is C.CC.CC.CC(=O)C(S)C(c1ccccc1)c1ccc2c(-c3ccc(F)cc3)ncn2c1.Cc1nccs1. The van der Waals surface area contributed by atoms with Crippen LogP contribution in [0, 0.1) is 12.7 Å². The summed E-state index contributed by atoms with van der Waals surface area (Å²) in [5.74, 6) is -0.415. The summed E-state index contributed by atoms with van der Waals surface area (Å²) in [6.07, 6.45) is 5.53. The number of aromatic nitrogens is 3. The van der Waals surface area contributed by atoms with Crippen LogP contribution in [0.4, 0.5) is 4.39 Å². The molecule has 5 aromatic rings. The Balaban J connectivity index is 0.000000596. The number of ketones is 1. The number of benzene rings is 2. The molecule has 0 aliphatic rings. The van der Waals surface area contributed by atoms with Gasteiger partial charge in [-0.25, -0.2) is 9.37 Å². The molecule has 5 rings (SSSR count). The average Bonchev–Trinajstić information content (AvgIpc) is 3.61. The Morgan fingerprint density at radius 2 is 1.56 bits per heavy atom. The van der Waals surface area contributed by atoms with Gasteiger partial charge in [-0.3, -0.25) is 9.78 Å². The Bertz CT molecular complexity index is 1370. The number of halogens is 1. The zero-order valence-electron chi connectivity index (χ0n) is 22.8. The molecular weight excluding hydrogens is 526 g/mol. The lowest BCUT2D eigenvalue weighted by Gasteiger charge is -2.22. The predicted octanol–water partition coefficient (Wildman–Crippen LogP) is 9.30. The van der Waals surface area contributed by atoms with Crippen LogP contribution in [0.5, 0.6) is 0 Å². The van der Waals surface area contributed by atoms with Gasteiger partial charge in [0.15, 0.2) is 0 Å². The molecule has 3 heterocycles. The standard InChI is InChI=1S/C23H19FN2OS.C4H5NS.2C2H6.CH4/c1-15(27)23(28)21(16-5-3-2-4-6-16)18-9-12-20-22(25-14-26(20)13-18)17-7-10-19(24)11-8-17;1-4-5-2-3-6-4;2*1-2;/h2-14,21,23,28H,1H3;2-3H,1H3;2*1-2H3;1H4. The zero-order chi connectivity index (χ0) is 28.1. The van der Waals surface area contributed by atoms with Gasteiger partial charge >= 0.3 is 0 Å². The molecule has 7 heteroatoms. The van der Waals surface area contributed by atoms with Gasteiger partial charge in [0.1, 0.15) is 11.6 Å². The molecule has 0 saturated carbocycles. The van der Waals surface area contributed by atoms with Gasteiger partial charge in [-0.1, -0.05) is 71.5 Å². The summed E-state index contributed by atoms with van der Waals surface area (Å²) in [5.41, 5.74) is 4.58. The monoisotopic (exact) mass is 565 g/mol. The van der Waals surface area contributed by atoms with Gasteiger partial charge in [-0.05, 0) is 55.3 Å². The van der Waals surface area contributed by atoms with Crippen molar-refractivity contribution in [2.75, 3.05) is 0 Å². The van der Waals surface area contributed by atoms with Crippen molar-refractivity contribution in [1.29, 1.82) is 0 Å². The molecule has 0 aliphatic heterocycles. The average molecular weight is 566 g/mol. The maximum absolute atomic E-state index is 13.2. The second kappa shape index (κ2) is 17.3. The first-order valence-corrected chi connectivity index (χ1v) is 14.2. The van der Waals surface area contributed by atoms with E-state index in [0.717, 1.165) is 32.9 Å². The molecule has 2 unspecified atom stereocenters. The Kier molecular flexibility index (Phi) is 15.0. The summed E-state index contributed by atoms with van der Waals surface area (Å²) in [6, 6.07) is 20.2. The molecule has 208 valence electrons. The molecule has 4 nitrogen and oxygen atoms in total. The number of aryl methyl sites for hydroxylation is 1. The highest BCUT2D eigenvalue weighted by molar-refractivity contribution is 7.81. The molecule has 0 spiro atoms. The smallest absolute Gasteiger partial charge is 0.143 e. The van der Waals surface area contributed by atoms with E-state index in [1.165, 1.54) is 12.1 Å². The molecule has 0 amide bonds. The Morgan fingerprint density at radius 3 is 2.08 bits per heavy atom. The summed E-state index contributed by atoms with van der Waals surface area (Å²) in [4.78, 5) is 20.5. The minimum Gasteiger partial charge on any atom is -0.305 e. The molecule has 39 heavy (non-hydrogen) atoms. The summed E-state index contributed by atoms with van der Waals surface area (Å²) in [7, 11) is 0. The van der Waals surface area contributed by atoms with Gasteiger partial charge in [0.2, 0.25) is 0 Å². The Morgan fingerprint density at radius 1 is 0.923 bits per heavy atom. The van der Waals surface area contributed by atoms with Crippen LogP contribution in [0.25, 0.3) is 16.8 Å². The number of nitrogens with zero attached hydrogens (tertiary/aromatic N) is 3. The number of fused-ring (bicyclic) bond motifs is 1. The molecule has 0 bridgehead atoms. The van der Waals surface area contributed by atoms with Gasteiger partial charge in [-0.2, -0.15) is 12.6 Å². The van der Waals surface area contributed by atoms with Crippen LogP contribution < -0.4 is 0 Å². The summed E-state index contributed by atoms with van der Waals surface area (Å²) >= 11 is 6.27. The van der Waals surface area contributed by atoms with Crippen molar-refractivity contribution in [2.24, 2.45) is 0 Å². The first-order chi connectivity index (χ1) is 18.4. The predicted molar refractivity (Wildman–Crippen MR) is 169 cm³/mol. The number of Topliss-reactive ketones (excluding diaryl/α,β-unsaturated/α-hetero) is 1. The molecule has 3 aromatic heterocycles. The van der Waals surface area contributed by atoms with Crippen molar-refractivity contribution in [3.63, 3.8) is 0 Å². The third-order valence-corrected chi connectivity index (χ3v) is 6.84. The van der Waals surface area contributed by atoms with Crippen molar-refractivity contribution in [2.45, 2.75) is 60.1 Å². The van der Waals surface area contributed by atoms with E-state index in [2.05, 4.69) is 22.6 Å². The minimum atomic E-state index is -0.444. The summed E-state index contributed by atoms with van der Waals surface area (Å²) < 4.78 is 15.2. The van der Waals surface area contributed by atoms with Gasteiger partial charge in [0, 0.05) is 29.3 Å². The van der Waals surface area contributed by atoms with Crippen molar-refractivity contribution in [1.82, 2.24) is 14.4 Å². The highest BCUT2D eigenvalue weighted by atomic mass is 32.1. The molecule has 0 aliphatic carbocycles. The van der Waals surface area contributed by atoms with Crippen molar-refractivity contribution < 1.29 is 9.18 Å². The first kappa shape index (κ1) is 33.7. The fourth-order valence-corrected chi connectivity index (χ4v) is 4.56. The van der Waals surface area contributed by atoms with Crippen molar-refractivity contribution in [3.8, 4) is 11.3 Å². The van der Waals surface area contributed by atoms with E-state index >= 15 is 0 Å². The number of hydrogen-bond acceptors (Lipinski definition) is 5. The number of carbonyl (C=O) groups is 1. The van der Waals surface area contributed by atoms with Crippen LogP contribution in [0.2, 0.25) is 0 Å². The molecule has 2 atom stereocenters. The maximum Gasteiger partial charge on any atom is 0.143 e. The van der Waals surface area contributed by atoms with E-state index in [0.29, 0.717) is 0 Å². The van der Waals surface area contributed by atoms with E-state index < -0.39 is 5.25 Å². The topological polar surface area (TPSA) is 47.3 Å². The molecule has 0 N–H and O–H groups in total. The van der Waals surface area contributed by atoms with Crippen LogP contribution in [0.3, 0.4) is 0 Å². The maximum atomic E-state index is 13.2. The molecule has 2 aromatic carbocycles. The third-order valence-electron chi connectivity index (χ3n) is 5.48. The molecule has 0 fully saturated rings. The number of pyridine rings is 1. The highest BCUT2D eigenvalue weighted by Crippen LogP contribution is 2.33. The fraction of sp³-hybridized carbons (Fsp3) is 0.281. The summed E-state index contributed by atoms with van der Waals surface area (Å²) in [6.45, 7) is 11.6. The molecule has 0 saturated heterocycles. The second-order valence-corrected chi connectivity index (χ2v) is 9.51. The van der Waals surface area contributed by atoms with Gasteiger partial charge in [0.05, 0.1) is 27.8 Å². The number of rotatable bonds is 5. The van der Waals surface area contributed by atoms with E-state index in [9.17, 15) is 9.18 Å². The largest absolute Gasteiger partial charge is 0.305 e. The van der Waals surface area contributed by atoms with Gasteiger partial charge in [0.25, 0.3) is 0 Å². The number of thiol groups is 1. The zero-order valence-corrected chi connectivity index (χ0v) is 24.5. The van der Waals surface area contributed by atoms with E-state index in [1.807, 2.05) is 93.1 Å². The number of imidazole rings is 1. The fourth-order valence-electron chi connectivity index (χ4n) is 3.78. The lowest BCUT2D eigenvalue weighted by Crippen LogP contribution is -2.22. The highest BCUT2D eigenvalue weighted by Gasteiger charge is 2.26. The summed E-state index contributed by atoms with van der Waals surface area (Å²) in [5, 5.41) is 2.66. The van der Waals surface area contributed by atoms with Crippen LogP contribution in [0.15, 0.2) is 90.8 Å². The lowest BCUT2D eigenvalue weighted by molar-refractivity contribution is -0.116. The van der Waals surface area contributed by atoms with Crippen molar-refractivity contribution in [3.05, 3.63) is 113 Å². The Hall–Kier alpha value is -3.29. The van der Waals surface area contributed by atoms with Crippen LogP contribution >= 0.6 is 24.0 Å².